The fourth-order valence-electron chi connectivity index (χ4n) is 6.08. The lowest BCUT2D eigenvalue weighted by atomic mass is 9.95. The second kappa shape index (κ2) is 20.7. The molecule has 4 rings (SSSR count). The van der Waals surface area contributed by atoms with E-state index < -0.39 is 42.1 Å². The van der Waals surface area contributed by atoms with Crippen LogP contribution < -0.4 is 21.3 Å². The van der Waals surface area contributed by atoms with Gasteiger partial charge in [0.05, 0.1) is 18.6 Å². The first kappa shape index (κ1) is 40.5. The van der Waals surface area contributed by atoms with Crippen LogP contribution in [0.15, 0.2) is 103 Å². The Morgan fingerprint density at radius 1 is 0.698 bits per heavy atom. The number of carbonyl (C=O) groups excluding carboxylic acids is 4. The van der Waals surface area contributed by atoms with Crippen molar-refractivity contribution in [2.24, 2.45) is 11.8 Å². The van der Waals surface area contributed by atoms with E-state index in [0.717, 1.165) is 33.9 Å². The van der Waals surface area contributed by atoms with E-state index in [0.29, 0.717) is 18.9 Å². The summed E-state index contributed by atoms with van der Waals surface area (Å²) in [7, 11) is 0. The van der Waals surface area contributed by atoms with Gasteiger partial charge in [0, 0.05) is 19.4 Å². The highest BCUT2D eigenvalue weighted by atomic mass is 16.5. The van der Waals surface area contributed by atoms with Crippen LogP contribution in [0.3, 0.4) is 0 Å². The van der Waals surface area contributed by atoms with Gasteiger partial charge >= 0.3 is 6.09 Å². The smallest absolute Gasteiger partial charge is 0.408 e. The van der Waals surface area contributed by atoms with Gasteiger partial charge in [-0.25, -0.2) is 4.79 Å². The Bertz CT molecular complexity index is 1760. The molecule has 0 fully saturated rings. The molecular formula is C43H54N4O6. The molecule has 10 heteroatoms. The Labute approximate surface area is 313 Å². The third kappa shape index (κ3) is 13.4. The fraction of sp³-hybridized carbons (Fsp3) is 0.395. The number of amides is 4. The molecule has 0 aliphatic heterocycles. The van der Waals surface area contributed by atoms with E-state index in [4.69, 9.17) is 4.74 Å². The van der Waals surface area contributed by atoms with E-state index in [1.165, 1.54) is 0 Å². The van der Waals surface area contributed by atoms with Gasteiger partial charge in [0.15, 0.2) is 0 Å². The molecule has 0 radical (unpaired) electrons. The third-order valence-corrected chi connectivity index (χ3v) is 9.30. The van der Waals surface area contributed by atoms with Crippen molar-refractivity contribution in [2.45, 2.75) is 90.6 Å². The van der Waals surface area contributed by atoms with Gasteiger partial charge in [0.2, 0.25) is 17.7 Å². The Morgan fingerprint density at radius 2 is 1.30 bits per heavy atom. The SMILES string of the molecule is CCC(C)CNC(=O)CC(O)C(CC(C)C)NC(=O)[C@H](Cc1ccccc1)NC(=O)[C@H](Cc1cccc2ccccc12)NC(=O)OCc1ccccc1. The standard InChI is InChI=1S/C43H54N4O6/c1-5-30(4)27-44-40(49)26-39(48)36(23-29(2)3)45-41(50)37(24-31-15-8-6-9-16-31)46-42(51)38(47-43(52)53-28-32-17-10-7-11-18-32)25-34-21-14-20-33-19-12-13-22-35(33)34/h6-22,29-30,36-39,48H,5,23-28H2,1-4H3,(H,44,49)(H,45,50)(H,46,51)(H,47,52)/t30?,36?,37-,38-,39?/m0/s1. The summed E-state index contributed by atoms with van der Waals surface area (Å²) in [6, 6.07) is 29.2. The lowest BCUT2D eigenvalue weighted by Gasteiger charge is -2.29. The zero-order chi connectivity index (χ0) is 38.2. The summed E-state index contributed by atoms with van der Waals surface area (Å²) in [4.78, 5) is 54.2. The number of aliphatic hydroxyl groups is 1. The van der Waals surface area contributed by atoms with Crippen LogP contribution >= 0.6 is 0 Å². The number of hydrogen-bond acceptors (Lipinski definition) is 6. The molecule has 0 aliphatic carbocycles. The number of ether oxygens (including phenoxy) is 1. The topological polar surface area (TPSA) is 146 Å². The number of rotatable bonds is 19. The number of fused-ring (bicyclic) bond motifs is 1. The Kier molecular flexibility index (Phi) is 15.9. The van der Waals surface area contributed by atoms with Crippen LogP contribution in [0.1, 0.15) is 63.6 Å². The molecule has 10 nitrogen and oxygen atoms in total. The number of carbonyl (C=O) groups is 4. The normalized spacial score (nSPS) is 14.0. The van der Waals surface area contributed by atoms with E-state index in [2.05, 4.69) is 21.3 Å². The van der Waals surface area contributed by atoms with E-state index in [1.54, 1.807) is 0 Å². The minimum atomic E-state index is -1.15. The molecule has 53 heavy (non-hydrogen) atoms. The fourth-order valence-corrected chi connectivity index (χ4v) is 6.08. The van der Waals surface area contributed by atoms with E-state index in [-0.39, 0.29) is 37.7 Å². The number of benzene rings is 4. The van der Waals surface area contributed by atoms with E-state index in [1.807, 2.05) is 131 Å². The Hall–Kier alpha value is -5.22. The summed E-state index contributed by atoms with van der Waals surface area (Å²) < 4.78 is 5.50. The predicted octanol–water partition coefficient (Wildman–Crippen LogP) is 5.85. The zero-order valence-electron chi connectivity index (χ0n) is 31.2. The molecule has 0 saturated carbocycles. The zero-order valence-corrected chi connectivity index (χ0v) is 31.2. The summed E-state index contributed by atoms with van der Waals surface area (Å²) in [6.07, 6.45) is -0.485. The summed E-state index contributed by atoms with van der Waals surface area (Å²) in [5, 5.41) is 24.6. The van der Waals surface area contributed by atoms with Crippen LogP contribution in [0, 0.1) is 11.8 Å². The summed E-state index contributed by atoms with van der Waals surface area (Å²) in [5.74, 6) is -0.985. The molecule has 0 bridgehead atoms. The second-order valence-electron chi connectivity index (χ2n) is 14.2. The first-order valence-corrected chi connectivity index (χ1v) is 18.6. The highest BCUT2D eigenvalue weighted by Gasteiger charge is 2.31. The van der Waals surface area contributed by atoms with Crippen LogP contribution in [0.5, 0.6) is 0 Å². The maximum atomic E-state index is 14.2. The van der Waals surface area contributed by atoms with Crippen LogP contribution in [-0.4, -0.2) is 59.7 Å². The second-order valence-corrected chi connectivity index (χ2v) is 14.2. The van der Waals surface area contributed by atoms with Crippen molar-refractivity contribution in [1.82, 2.24) is 21.3 Å². The lowest BCUT2D eigenvalue weighted by molar-refractivity contribution is -0.131. The van der Waals surface area contributed by atoms with Gasteiger partial charge in [0.25, 0.3) is 0 Å². The van der Waals surface area contributed by atoms with Crippen LogP contribution in [0.2, 0.25) is 0 Å². The maximum absolute atomic E-state index is 14.2. The maximum Gasteiger partial charge on any atom is 0.408 e. The Morgan fingerprint density at radius 3 is 1.98 bits per heavy atom. The van der Waals surface area contributed by atoms with Crippen molar-refractivity contribution in [3.05, 3.63) is 120 Å². The molecule has 0 saturated heterocycles. The molecule has 0 spiro atoms. The van der Waals surface area contributed by atoms with Gasteiger partial charge in [-0.1, -0.05) is 137 Å². The van der Waals surface area contributed by atoms with Crippen molar-refractivity contribution in [3.63, 3.8) is 0 Å². The first-order valence-electron chi connectivity index (χ1n) is 18.6. The molecule has 5 atom stereocenters. The van der Waals surface area contributed by atoms with Crippen molar-refractivity contribution < 1.29 is 29.0 Å². The molecular weight excluding hydrogens is 668 g/mol. The number of alkyl carbamates (subject to hydrolysis) is 1. The highest BCUT2D eigenvalue weighted by molar-refractivity contribution is 5.93. The van der Waals surface area contributed by atoms with Gasteiger partial charge in [0.1, 0.15) is 18.7 Å². The van der Waals surface area contributed by atoms with Gasteiger partial charge in [-0.2, -0.15) is 0 Å². The lowest BCUT2D eigenvalue weighted by Crippen LogP contribution is -2.57. The quantitative estimate of drug-likeness (QED) is 0.0822. The number of nitrogens with one attached hydrogen (secondary N) is 4. The van der Waals surface area contributed by atoms with Crippen molar-refractivity contribution >= 4 is 34.6 Å². The van der Waals surface area contributed by atoms with Crippen molar-refractivity contribution in [3.8, 4) is 0 Å². The van der Waals surface area contributed by atoms with Gasteiger partial charge in [-0.05, 0) is 45.7 Å². The minimum absolute atomic E-state index is 0.0174. The summed E-state index contributed by atoms with van der Waals surface area (Å²) in [6.45, 7) is 8.54. The van der Waals surface area contributed by atoms with Crippen LogP contribution in [-0.2, 0) is 38.6 Å². The average molecular weight is 723 g/mol. The summed E-state index contributed by atoms with van der Waals surface area (Å²) in [5.41, 5.74) is 2.44. The van der Waals surface area contributed by atoms with Crippen molar-refractivity contribution in [2.75, 3.05) is 6.54 Å². The molecule has 4 aromatic rings. The Balaban J connectivity index is 1.56. The third-order valence-electron chi connectivity index (χ3n) is 9.30. The monoisotopic (exact) mass is 722 g/mol. The van der Waals surface area contributed by atoms with Crippen LogP contribution in [0.4, 0.5) is 4.79 Å². The molecule has 0 aromatic heterocycles. The predicted molar refractivity (Wildman–Crippen MR) is 208 cm³/mol. The molecule has 4 aromatic carbocycles. The van der Waals surface area contributed by atoms with Crippen molar-refractivity contribution in [1.29, 1.82) is 0 Å². The number of hydrogen-bond donors (Lipinski definition) is 5. The largest absolute Gasteiger partial charge is 0.445 e. The minimum Gasteiger partial charge on any atom is -0.445 e. The molecule has 4 amide bonds. The molecule has 5 N–H and O–H groups in total. The van der Waals surface area contributed by atoms with Gasteiger partial charge < -0.3 is 31.1 Å². The summed E-state index contributed by atoms with van der Waals surface area (Å²) >= 11 is 0. The molecule has 282 valence electrons. The molecule has 3 unspecified atom stereocenters. The highest BCUT2D eigenvalue weighted by Crippen LogP contribution is 2.20. The van der Waals surface area contributed by atoms with E-state index >= 15 is 0 Å². The van der Waals surface area contributed by atoms with Crippen LogP contribution in [0.25, 0.3) is 10.8 Å². The number of aliphatic hydroxyl groups excluding tert-OH is 1. The van der Waals surface area contributed by atoms with Gasteiger partial charge in [-0.15, -0.1) is 0 Å². The molecule has 0 heterocycles. The average Bonchev–Trinajstić information content (AvgIpc) is 3.16. The van der Waals surface area contributed by atoms with Gasteiger partial charge in [-0.3, -0.25) is 14.4 Å². The van der Waals surface area contributed by atoms with E-state index in [9.17, 15) is 24.3 Å². The molecule has 0 aliphatic rings. The first-order chi connectivity index (χ1) is 25.5.